The Hall–Kier alpha value is -2.85. The van der Waals surface area contributed by atoms with Gasteiger partial charge in [0.15, 0.2) is 0 Å². The van der Waals surface area contributed by atoms with Gasteiger partial charge < -0.3 is 24.4 Å². The Labute approximate surface area is 293 Å². The molecule has 2 aromatic carbocycles. The van der Waals surface area contributed by atoms with E-state index in [0.717, 1.165) is 63.0 Å². The number of carbonyl (C=O) groups is 3. The summed E-state index contributed by atoms with van der Waals surface area (Å²) in [6.45, 7) is 5.38. The molecule has 0 aromatic heterocycles. The van der Waals surface area contributed by atoms with E-state index in [9.17, 15) is 14.4 Å². The van der Waals surface area contributed by atoms with Crippen LogP contribution in [-0.2, 0) is 14.4 Å². The maximum atomic E-state index is 13.4. The molecule has 2 aliphatic heterocycles. The van der Waals surface area contributed by atoms with Crippen LogP contribution in [0.2, 0.25) is 15.1 Å². The van der Waals surface area contributed by atoms with E-state index in [1.165, 1.54) is 7.11 Å². The van der Waals surface area contributed by atoms with Crippen LogP contribution in [0.25, 0.3) is 0 Å². The number of hydrogen-bond acceptors (Lipinski definition) is 6. The molecule has 2 aliphatic rings. The molecule has 0 radical (unpaired) electrons. The standard InChI is InChI=1S/C35H46Cl3N5O4/c1-23-17-26(19-27(36)18-23)34(45)41(4)22-32(39-47-5)29(24-8-9-30(37)31(38)20-24)12-16-42-14-10-28(11-15-42)43-13-6-7-25(35(43)46)21-33(44)40(2)3/h8-9,17-20,25,28-29H,6-7,10-16,21-22H2,1-5H3/b39-32+. The molecule has 2 unspecified atom stereocenters. The van der Waals surface area contributed by atoms with E-state index < -0.39 is 0 Å². The zero-order chi connectivity index (χ0) is 34.2. The van der Waals surface area contributed by atoms with Gasteiger partial charge in [-0.15, -0.1) is 0 Å². The third kappa shape index (κ3) is 9.84. The molecular formula is C35H46Cl3N5O4. The molecule has 0 saturated carbocycles. The Balaban J connectivity index is 1.44. The number of likely N-dealkylation sites (tertiary alicyclic amines) is 2. The first-order chi connectivity index (χ1) is 22.4. The molecule has 47 heavy (non-hydrogen) atoms. The van der Waals surface area contributed by atoms with Crippen LogP contribution < -0.4 is 0 Å². The van der Waals surface area contributed by atoms with E-state index in [-0.39, 0.29) is 48.6 Å². The van der Waals surface area contributed by atoms with Gasteiger partial charge in [-0.25, -0.2) is 0 Å². The predicted molar refractivity (Wildman–Crippen MR) is 189 cm³/mol. The van der Waals surface area contributed by atoms with Crippen molar-refractivity contribution >= 4 is 58.2 Å². The summed E-state index contributed by atoms with van der Waals surface area (Å²) >= 11 is 19.0. The Morgan fingerprint density at radius 1 is 1.00 bits per heavy atom. The third-order valence-corrected chi connectivity index (χ3v) is 10.2. The zero-order valence-electron chi connectivity index (χ0n) is 28.0. The fraction of sp³-hybridized carbons (Fsp3) is 0.543. The average molecular weight is 707 g/mol. The molecule has 0 spiro atoms. The van der Waals surface area contributed by atoms with Crippen molar-refractivity contribution in [3.8, 4) is 0 Å². The normalized spacial score (nSPS) is 18.6. The highest BCUT2D eigenvalue weighted by atomic mass is 35.5. The summed E-state index contributed by atoms with van der Waals surface area (Å²) in [6, 6.07) is 11.1. The lowest BCUT2D eigenvalue weighted by molar-refractivity contribution is -0.146. The number of halogens is 3. The largest absolute Gasteiger partial charge is 0.399 e. The first-order valence-electron chi connectivity index (χ1n) is 16.2. The second-order valence-electron chi connectivity index (χ2n) is 12.9. The Bertz CT molecular complexity index is 1440. The monoisotopic (exact) mass is 705 g/mol. The maximum absolute atomic E-state index is 13.4. The summed E-state index contributed by atoms with van der Waals surface area (Å²) in [5, 5.41) is 5.84. The first-order valence-corrected chi connectivity index (χ1v) is 17.3. The van der Waals surface area contributed by atoms with Crippen LogP contribution in [-0.4, -0.2) is 110 Å². The minimum absolute atomic E-state index is 0.00282. The van der Waals surface area contributed by atoms with Crippen LogP contribution in [0.1, 0.15) is 65.9 Å². The highest BCUT2D eigenvalue weighted by Crippen LogP contribution is 2.31. The second-order valence-corrected chi connectivity index (χ2v) is 14.1. The smallest absolute Gasteiger partial charge is 0.253 e. The molecule has 12 heteroatoms. The van der Waals surface area contributed by atoms with Gasteiger partial charge in [0, 0.05) is 75.7 Å². The van der Waals surface area contributed by atoms with E-state index in [1.54, 1.807) is 43.1 Å². The molecule has 2 heterocycles. The maximum Gasteiger partial charge on any atom is 0.253 e. The van der Waals surface area contributed by atoms with Crippen LogP contribution in [0.4, 0.5) is 0 Å². The molecule has 4 rings (SSSR count). The van der Waals surface area contributed by atoms with Crippen LogP contribution in [0.15, 0.2) is 41.6 Å². The molecule has 2 saturated heterocycles. The second kappa shape index (κ2) is 17.0. The zero-order valence-corrected chi connectivity index (χ0v) is 30.2. The van der Waals surface area contributed by atoms with Gasteiger partial charge in [0.1, 0.15) is 7.11 Å². The van der Waals surface area contributed by atoms with Crippen molar-refractivity contribution in [1.29, 1.82) is 0 Å². The number of nitrogens with zero attached hydrogens (tertiary/aromatic N) is 5. The number of piperidine rings is 2. The Kier molecular flexibility index (Phi) is 13.4. The van der Waals surface area contributed by atoms with Crippen molar-refractivity contribution in [3.05, 3.63) is 68.2 Å². The number of amides is 3. The number of benzene rings is 2. The van der Waals surface area contributed by atoms with E-state index in [4.69, 9.17) is 39.6 Å². The topological polar surface area (TPSA) is 85.8 Å². The lowest BCUT2D eigenvalue weighted by atomic mass is 9.89. The van der Waals surface area contributed by atoms with Crippen LogP contribution in [0.5, 0.6) is 0 Å². The lowest BCUT2D eigenvalue weighted by Crippen LogP contribution is -2.52. The van der Waals surface area contributed by atoms with Gasteiger partial charge in [-0.1, -0.05) is 46.0 Å². The molecule has 0 aliphatic carbocycles. The highest BCUT2D eigenvalue weighted by Gasteiger charge is 2.36. The van der Waals surface area contributed by atoms with Gasteiger partial charge >= 0.3 is 0 Å². The summed E-state index contributed by atoms with van der Waals surface area (Å²) in [7, 11) is 6.71. The molecule has 0 N–H and O–H groups in total. The van der Waals surface area contributed by atoms with Gasteiger partial charge in [-0.2, -0.15) is 0 Å². The Morgan fingerprint density at radius 2 is 1.72 bits per heavy atom. The number of aryl methyl sites for hydroxylation is 1. The molecule has 0 bridgehead atoms. The van der Waals surface area contributed by atoms with Gasteiger partial charge in [0.05, 0.1) is 22.3 Å². The number of rotatable bonds is 12. The van der Waals surface area contributed by atoms with Crippen LogP contribution >= 0.6 is 34.8 Å². The summed E-state index contributed by atoms with van der Waals surface area (Å²) in [4.78, 5) is 52.0. The van der Waals surface area contributed by atoms with Crippen molar-refractivity contribution < 1.29 is 19.2 Å². The summed E-state index contributed by atoms with van der Waals surface area (Å²) < 4.78 is 0. The summed E-state index contributed by atoms with van der Waals surface area (Å²) in [6.07, 6.45) is 4.45. The Morgan fingerprint density at radius 3 is 2.36 bits per heavy atom. The van der Waals surface area contributed by atoms with Crippen molar-refractivity contribution in [3.63, 3.8) is 0 Å². The quantitative estimate of drug-likeness (QED) is 0.189. The van der Waals surface area contributed by atoms with E-state index in [2.05, 4.69) is 10.1 Å². The third-order valence-electron chi connectivity index (χ3n) is 9.23. The molecule has 2 atom stereocenters. The minimum atomic E-state index is -0.227. The van der Waals surface area contributed by atoms with Gasteiger partial charge in [-0.05, 0) is 87.0 Å². The average Bonchev–Trinajstić information content (AvgIpc) is 3.03. The van der Waals surface area contributed by atoms with E-state index >= 15 is 0 Å². The molecule has 3 amide bonds. The number of carbonyl (C=O) groups excluding carboxylic acids is 3. The highest BCUT2D eigenvalue weighted by molar-refractivity contribution is 6.42. The van der Waals surface area contributed by atoms with Gasteiger partial charge in [0.2, 0.25) is 11.8 Å². The summed E-state index contributed by atoms with van der Waals surface area (Å²) in [5.74, 6) is -0.470. The molecule has 2 aromatic rings. The van der Waals surface area contributed by atoms with Gasteiger partial charge in [-0.3, -0.25) is 14.4 Å². The lowest BCUT2D eigenvalue weighted by Gasteiger charge is -2.42. The molecule has 9 nitrogen and oxygen atoms in total. The minimum Gasteiger partial charge on any atom is -0.399 e. The summed E-state index contributed by atoms with van der Waals surface area (Å²) in [5.41, 5.74) is 3.03. The fourth-order valence-electron chi connectivity index (χ4n) is 6.66. The van der Waals surface area contributed by atoms with Crippen molar-refractivity contribution in [1.82, 2.24) is 19.6 Å². The van der Waals surface area contributed by atoms with Crippen molar-refractivity contribution in [2.24, 2.45) is 11.1 Å². The van der Waals surface area contributed by atoms with Crippen LogP contribution in [0.3, 0.4) is 0 Å². The van der Waals surface area contributed by atoms with Crippen molar-refractivity contribution in [2.45, 2.75) is 57.4 Å². The fourth-order valence-corrected chi connectivity index (χ4v) is 7.25. The predicted octanol–water partition coefficient (Wildman–Crippen LogP) is 6.38. The van der Waals surface area contributed by atoms with E-state index in [1.807, 2.05) is 36.1 Å². The van der Waals surface area contributed by atoms with Crippen molar-refractivity contribution in [2.75, 3.05) is 61.0 Å². The molecule has 256 valence electrons. The SMILES string of the molecule is CO/N=C(\CN(C)C(=O)c1cc(C)cc(Cl)c1)C(CCN1CCC(N2CCCC(CC(=O)N(C)C)C2=O)CC1)c1ccc(Cl)c(Cl)c1. The first kappa shape index (κ1) is 37.0. The van der Waals surface area contributed by atoms with E-state index in [0.29, 0.717) is 32.8 Å². The van der Waals surface area contributed by atoms with Crippen LogP contribution in [0, 0.1) is 12.8 Å². The molecular weight excluding hydrogens is 661 g/mol. The number of oxime groups is 1. The molecule has 2 fully saturated rings. The van der Waals surface area contributed by atoms with Gasteiger partial charge in [0.25, 0.3) is 5.91 Å². The number of hydrogen-bond donors (Lipinski definition) is 0.